The molecule has 0 unspecified atom stereocenters. The lowest BCUT2D eigenvalue weighted by molar-refractivity contribution is 0.370. The zero-order valence-corrected chi connectivity index (χ0v) is 15.7. The highest BCUT2D eigenvalue weighted by molar-refractivity contribution is 5.55. The van der Waals surface area contributed by atoms with Gasteiger partial charge in [0, 0.05) is 36.6 Å². The monoisotopic (exact) mass is 374 g/mol. The second-order valence-electron chi connectivity index (χ2n) is 6.38. The number of anilines is 1. The van der Waals surface area contributed by atoms with Gasteiger partial charge in [-0.2, -0.15) is 4.98 Å². The number of nitrogens with one attached hydrogen (secondary N) is 2. The Morgan fingerprint density at radius 1 is 1.07 bits per heavy atom. The normalized spacial score (nSPS) is 10.9. The molecule has 0 atom stereocenters. The Kier molecular flexibility index (Phi) is 5.44. The molecule has 2 heterocycles. The first kappa shape index (κ1) is 17.9. The van der Waals surface area contributed by atoms with Crippen LogP contribution in [-0.4, -0.2) is 19.7 Å². The van der Waals surface area contributed by atoms with Gasteiger partial charge in [0.25, 0.3) is 0 Å². The lowest BCUT2D eigenvalue weighted by atomic mass is 10.1. The maximum absolute atomic E-state index is 5.43. The van der Waals surface area contributed by atoms with Gasteiger partial charge in [-0.3, -0.25) is 0 Å². The zero-order valence-electron chi connectivity index (χ0n) is 15.7. The fraction of sp³-hybridized carbons (Fsp3) is 0.190. The van der Waals surface area contributed by atoms with Crippen LogP contribution in [0.15, 0.2) is 71.5 Å². The summed E-state index contributed by atoms with van der Waals surface area (Å²) in [5, 5.41) is 4.14. The largest absolute Gasteiger partial charge is 0.337 e. The number of aryl methyl sites for hydroxylation is 1. The molecule has 2 aromatic heterocycles. The summed E-state index contributed by atoms with van der Waals surface area (Å²) in [5.74, 6) is 2.15. The number of nitrogens with zero attached hydrogens (tertiary/aromatic N) is 4. The molecule has 0 aliphatic heterocycles. The van der Waals surface area contributed by atoms with Gasteiger partial charge in [0.05, 0.1) is 0 Å². The van der Waals surface area contributed by atoms with Gasteiger partial charge in [-0.05, 0) is 23.8 Å². The highest BCUT2D eigenvalue weighted by atomic mass is 16.5. The maximum Gasteiger partial charge on any atom is 0.246 e. The molecule has 7 nitrogen and oxygen atoms in total. The summed E-state index contributed by atoms with van der Waals surface area (Å²) < 4.78 is 7.45. The third-order valence-corrected chi connectivity index (χ3v) is 4.38. The van der Waals surface area contributed by atoms with Crippen molar-refractivity contribution in [1.82, 2.24) is 25.1 Å². The van der Waals surface area contributed by atoms with Gasteiger partial charge in [-0.15, -0.1) is 0 Å². The first-order valence-corrected chi connectivity index (χ1v) is 9.27. The van der Waals surface area contributed by atoms with E-state index in [9.17, 15) is 0 Å². The molecule has 2 aromatic carbocycles. The highest BCUT2D eigenvalue weighted by Gasteiger charge is 2.11. The number of hydrogen-bond donors (Lipinski definition) is 2. The number of imidazole rings is 1. The predicted octanol–water partition coefficient (Wildman–Crippen LogP) is 3.66. The molecule has 0 saturated carbocycles. The Balaban J connectivity index is 1.41. The maximum atomic E-state index is 5.43. The fourth-order valence-corrected chi connectivity index (χ4v) is 2.97. The minimum absolute atomic E-state index is 0.526. The second-order valence-corrected chi connectivity index (χ2v) is 6.38. The standard InChI is InChI=1S/C21H22N6O/c1-2-19-22-11-12-27(19)15-20-24-21(26-28-20)17-8-6-7-16(13-17)14-23-25-18-9-4-3-5-10-18/h3-13,23,25H,2,14-15H2,1H3. The van der Waals surface area contributed by atoms with E-state index < -0.39 is 0 Å². The SMILES string of the molecule is CCc1nccn1Cc1nc(-c2cccc(CNNc3ccccc3)c2)no1. The van der Waals surface area contributed by atoms with Crippen LogP contribution in [0.25, 0.3) is 11.4 Å². The molecule has 4 aromatic rings. The van der Waals surface area contributed by atoms with Crippen LogP contribution in [0, 0.1) is 0 Å². The average molecular weight is 374 g/mol. The molecule has 0 saturated heterocycles. The number of hydrogen-bond acceptors (Lipinski definition) is 6. The van der Waals surface area contributed by atoms with E-state index in [-0.39, 0.29) is 0 Å². The quantitative estimate of drug-likeness (QED) is 0.458. The van der Waals surface area contributed by atoms with Crippen LogP contribution >= 0.6 is 0 Å². The minimum atomic E-state index is 0.526. The van der Waals surface area contributed by atoms with Gasteiger partial charge in [-0.1, -0.05) is 48.5 Å². The topological polar surface area (TPSA) is 80.8 Å². The molecule has 0 amide bonds. The van der Waals surface area contributed by atoms with E-state index in [2.05, 4.69) is 45.0 Å². The van der Waals surface area contributed by atoms with Crippen molar-refractivity contribution in [1.29, 1.82) is 0 Å². The molecule has 7 heteroatoms. The summed E-state index contributed by atoms with van der Waals surface area (Å²) in [5.41, 5.74) is 9.47. The first-order valence-electron chi connectivity index (χ1n) is 9.27. The van der Waals surface area contributed by atoms with Crippen LogP contribution in [0.1, 0.15) is 24.2 Å². The van der Waals surface area contributed by atoms with Gasteiger partial charge in [-0.25, -0.2) is 10.4 Å². The first-order chi connectivity index (χ1) is 13.8. The molecular formula is C21H22N6O. The lowest BCUT2D eigenvalue weighted by Crippen LogP contribution is -2.20. The molecule has 0 aliphatic rings. The zero-order chi connectivity index (χ0) is 19.2. The van der Waals surface area contributed by atoms with Gasteiger partial charge >= 0.3 is 0 Å². The number of rotatable bonds is 8. The number of para-hydroxylation sites is 1. The van der Waals surface area contributed by atoms with E-state index in [1.54, 1.807) is 6.20 Å². The van der Waals surface area contributed by atoms with E-state index >= 15 is 0 Å². The highest BCUT2D eigenvalue weighted by Crippen LogP contribution is 2.18. The summed E-state index contributed by atoms with van der Waals surface area (Å²) >= 11 is 0. The summed E-state index contributed by atoms with van der Waals surface area (Å²) in [6.07, 6.45) is 4.57. The van der Waals surface area contributed by atoms with Crippen LogP contribution in [0.4, 0.5) is 5.69 Å². The van der Waals surface area contributed by atoms with Gasteiger partial charge < -0.3 is 14.5 Å². The molecule has 142 valence electrons. The van der Waals surface area contributed by atoms with Crippen molar-refractivity contribution in [2.75, 3.05) is 5.43 Å². The molecule has 0 fully saturated rings. The molecule has 0 bridgehead atoms. The average Bonchev–Trinajstić information content (AvgIpc) is 3.39. The van der Waals surface area contributed by atoms with Crippen molar-refractivity contribution in [3.63, 3.8) is 0 Å². The van der Waals surface area contributed by atoms with Crippen LogP contribution in [-0.2, 0) is 19.5 Å². The van der Waals surface area contributed by atoms with Gasteiger partial charge in [0.2, 0.25) is 11.7 Å². The summed E-state index contributed by atoms with van der Waals surface area (Å²) in [6, 6.07) is 18.1. The third kappa shape index (κ3) is 4.27. The van der Waals surface area contributed by atoms with E-state index in [4.69, 9.17) is 4.52 Å². The van der Waals surface area contributed by atoms with Crippen molar-refractivity contribution >= 4 is 5.69 Å². The molecule has 0 aliphatic carbocycles. The minimum Gasteiger partial charge on any atom is -0.337 e. The Hall–Kier alpha value is -3.45. The van der Waals surface area contributed by atoms with E-state index in [0.29, 0.717) is 24.8 Å². The summed E-state index contributed by atoms with van der Waals surface area (Å²) in [4.78, 5) is 8.86. The number of benzene rings is 2. The number of aromatic nitrogens is 4. The predicted molar refractivity (Wildman–Crippen MR) is 107 cm³/mol. The second kappa shape index (κ2) is 8.49. The van der Waals surface area contributed by atoms with E-state index in [1.165, 1.54) is 0 Å². The van der Waals surface area contributed by atoms with Crippen LogP contribution in [0.3, 0.4) is 0 Å². The van der Waals surface area contributed by atoms with Crippen molar-refractivity contribution < 1.29 is 4.52 Å². The van der Waals surface area contributed by atoms with Gasteiger partial charge in [0.15, 0.2) is 0 Å². The fourth-order valence-electron chi connectivity index (χ4n) is 2.97. The molecule has 0 spiro atoms. The molecule has 28 heavy (non-hydrogen) atoms. The van der Waals surface area contributed by atoms with Crippen LogP contribution < -0.4 is 10.9 Å². The molecular weight excluding hydrogens is 352 g/mol. The summed E-state index contributed by atoms with van der Waals surface area (Å²) in [6.45, 7) is 3.27. The van der Waals surface area contributed by atoms with E-state index in [0.717, 1.165) is 29.1 Å². The smallest absolute Gasteiger partial charge is 0.246 e. The Bertz CT molecular complexity index is 1020. The molecule has 4 rings (SSSR count). The van der Waals surface area contributed by atoms with Crippen molar-refractivity contribution in [2.45, 2.75) is 26.4 Å². The summed E-state index contributed by atoms with van der Waals surface area (Å²) in [7, 11) is 0. The molecule has 2 N–H and O–H groups in total. The lowest BCUT2D eigenvalue weighted by Gasteiger charge is -2.08. The Morgan fingerprint density at radius 3 is 2.82 bits per heavy atom. The van der Waals surface area contributed by atoms with Crippen LogP contribution in [0.2, 0.25) is 0 Å². The van der Waals surface area contributed by atoms with Crippen molar-refractivity contribution in [3.8, 4) is 11.4 Å². The Morgan fingerprint density at radius 2 is 1.96 bits per heavy atom. The Labute approximate surface area is 163 Å². The number of hydrazine groups is 1. The van der Waals surface area contributed by atoms with E-state index in [1.807, 2.05) is 53.2 Å². The van der Waals surface area contributed by atoms with Crippen molar-refractivity contribution in [2.24, 2.45) is 0 Å². The van der Waals surface area contributed by atoms with Crippen LogP contribution in [0.5, 0.6) is 0 Å². The van der Waals surface area contributed by atoms with Gasteiger partial charge in [0.1, 0.15) is 12.4 Å². The van der Waals surface area contributed by atoms with Crippen molar-refractivity contribution in [3.05, 3.63) is 84.3 Å². The molecule has 0 radical (unpaired) electrons. The third-order valence-electron chi connectivity index (χ3n) is 4.38.